The molecule has 27 heteroatoms. The van der Waals surface area contributed by atoms with Crippen molar-refractivity contribution in [3.8, 4) is 0 Å². The number of halogens is 18. The van der Waals surface area contributed by atoms with Gasteiger partial charge in [-0.25, -0.2) is 0 Å². The summed E-state index contributed by atoms with van der Waals surface area (Å²) in [5.41, 5.74) is 0. The summed E-state index contributed by atoms with van der Waals surface area (Å²) in [6, 6.07) is 0. The first kappa shape index (κ1) is 52.3. The second-order valence-electron chi connectivity index (χ2n) is 5.67. The maximum Gasteiger partial charge on any atom is 0.454 e. The summed E-state index contributed by atoms with van der Waals surface area (Å²) in [5, 5.41) is 23.8. The monoisotopic (exact) mass is 802 g/mol. The molecule has 0 amide bonds. The van der Waals surface area contributed by atoms with Crippen molar-refractivity contribution in [2.45, 2.75) is 37.1 Å². The summed E-state index contributed by atoms with van der Waals surface area (Å²) < 4.78 is 204. The van der Waals surface area contributed by atoms with E-state index in [0.717, 1.165) is 0 Å². The smallest absolute Gasteiger partial charge is 0.454 e. The first-order valence-corrected chi connectivity index (χ1v) is 7.92. The number of hydrogen-bond acceptors (Lipinski definition) is 6. The van der Waals surface area contributed by atoms with Gasteiger partial charge in [-0.05, 0) is 0 Å². The second-order valence-corrected chi connectivity index (χ2v) is 5.67. The van der Waals surface area contributed by atoms with Crippen LogP contribution in [-0.2, 0) is 14.4 Å². The van der Waals surface area contributed by atoms with Crippen molar-refractivity contribution >= 4 is 17.3 Å². The number of ketones is 3. The molecule has 0 unspecified atom stereocenters. The van der Waals surface area contributed by atoms with Crippen molar-refractivity contribution in [3.63, 3.8) is 0 Å². The molecule has 8 nitrogen and oxygen atoms in total. The summed E-state index contributed by atoms with van der Waals surface area (Å²) >= 11 is 0. The molecule has 42 heavy (non-hydrogen) atoms. The van der Waals surface area contributed by atoms with Gasteiger partial charge < -0.3 is 26.3 Å². The van der Waals surface area contributed by atoms with Crippen LogP contribution in [0.15, 0.2) is 35.5 Å². The van der Waals surface area contributed by atoms with Gasteiger partial charge in [-0.3, -0.25) is 14.4 Å². The van der Waals surface area contributed by atoms with Crippen LogP contribution in [0.3, 0.4) is 0 Å². The fraction of sp³-hybridized carbons (Fsp3) is 0.400. The Kier molecular flexibility index (Phi) is 22.8. The van der Waals surface area contributed by atoms with Crippen molar-refractivity contribution in [1.82, 2.24) is 0 Å². The third-order valence-electron chi connectivity index (χ3n) is 2.51. The van der Waals surface area contributed by atoms with Gasteiger partial charge in [-0.1, -0.05) is 0 Å². The van der Waals surface area contributed by atoms with Crippen LogP contribution >= 0.6 is 0 Å². The summed E-state index contributed by atoms with van der Waals surface area (Å²) in [7, 11) is 0. The number of allylic oxidation sites excluding steroid dienone is 6. The molecule has 0 aliphatic rings. The van der Waals surface area contributed by atoms with Gasteiger partial charge in [-0.15, -0.1) is 0 Å². The van der Waals surface area contributed by atoms with Gasteiger partial charge in [0.05, 0.1) is 0 Å². The molecule has 0 rings (SSSR count). The number of carbonyl (C=O) groups is 3. The van der Waals surface area contributed by atoms with Crippen molar-refractivity contribution in [2.75, 3.05) is 0 Å². The molecule has 7 N–H and O–H groups in total. The van der Waals surface area contributed by atoms with Crippen LogP contribution < -0.4 is 0 Å². The van der Waals surface area contributed by atoms with Crippen LogP contribution in [-0.4, -0.2) is 80.7 Å². The van der Waals surface area contributed by atoms with Gasteiger partial charge in [0.1, 0.15) is 0 Å². The Morgan fingerprint density at radius 2 is 0.476 bits per heavy atom. The number of rotatable bonds is 3. The van der Waals surface area contributed by atoms with E-state index in [0.29, 0.717) is 0 Å². The number of alkyl halides is 18. The first-order chi connectivity index (χ1) is 16.6. The molecule has 0 fully saturated rings. The Morgan fingerprint density at radius 1 is 0.357 bits per heavy atom. The van der Waals surface area contributed by atoms with Gasteiger partial charge in [0.2, 0.25) is 17.3 Å². The van der Waals surface area contributed by atoms with Crippen LogP contribution in [0.5, 0.6) is 0 Å². The average molecular weight is 804 g/mol. The molecule has 0 atom stereocenters. The molecule has 0 saturated carbocycles. The van der Waals surface area contributed by atoms with Gasteiger partial charge in [0.25, 0.3) is 17.3 Å². The molecule has 0 heterocycles. The van der Waals surface area contributed by atoms with Crippen LogP contribution in [0, 0.1) is 40.8 Å². The molecular weight excluding hydrogens is 794 g/mol. The second kappa shape index (κ2) is 18.3. The quantitative estimate of drug-likeness (QED) is 0.212. The zero-order valence-electron chi connectivity index (χ0n) is 18.6. The number of aliphatic hydroxyl groups excluding tert-OH is 3. The minimum Gasteiger partial charge on any atom is -0.504 e. The fourth-order valence-electron chi connectivity index (χ4n) is 0.864. The first-order valence-electron chi connectivity index (χ1n) is 7.92. The SMILES string of the molecule is O.O.O=C(C=C(O)C(F)(F)F)C(F)(F)F.O=C(C=C(O)C(F)(F)F)C(F)(F)F.O=C(C=C(O)C(F)(F)F)C(F)(F)F.[Nd]. The summed E-state index contributed by atoms with van der Waals surface area (Å²) in [6.45, 7) is 0. The zero-order valence-corrected chi connectivity index (χ0v) is 21.8. The minimum atomic E-state index is -5.42. The molecule has 0 aliphatic heterocycles. The number of hydrogen-bond donors (Lipinski definition) is 3. The van der Waals surface area contributed by atoms with Gasteiger partial charge in [0, 0.05) is 59.1 Å². The molecule has 0 aromatic carbocycles. The van der Waals surface area contributed by atoms with Crippen LogP contribution in [0.2, 0.25) is 0 Å². The molecular formula is C15H10F18NdO8. The van der Waals surface area contributed by atoms with E-state index < -0.39 is 89.9 Å². The molecule has 0 bridgehead atoms. The molecule has 0 saturated heterocycles. The number of carbonyl (C=O) groups excluding carboxylic acids is 3. The van der Waals surface area contributed by atoms with Crippen LogP contribution in [0.1, 0.15) is 0 Å². The van der Waals surface area contributed by atoms with Crippen LogP contribution in [0.4, 0.5) is 79.0 Å². The Labute approximate surface area is 250 Å². The Hall–Kier alpha value is -2.36. The maximum absolute atomic E-state index is 11.4. The fourth-order valence-corrected chi connectivity index (χ4v) is 0.864. The van der Waals surface area contributed by atoms with Gasteiger partial charge in [0.15, 0.2) is 0 Å². The molecule has 0 spiro atoms. The molecule has 0 radical (unpaired) electrons. The predicted molar refractivity (Wildman–Crippen MR) is 90.7 cm³/mol. The van der Waals surface area contributed by atoms with Crippen molar-refractivity contribution < 1.29 is 161 Å². The molecule has 0 aromatic heterocycles. The number of aliphatic hydroxyl groups is 3. The standard InChI is InChI=1S/3C5H2F6O2.Nd.2H2O/c3*6-4(7,8)2(12)1-3(13)5(9,10)11;;;/h3*1,12H;;2*1H2. The van der Waals surface area contributed by atoms with E-state index in [4.69, 9.17) is 15.3 Å². The molecule has 248 valence electrons. The maximum atomic E-state index is 11.4. The van der Waals surface area contributed by atoms with E-state index in [1.54, 1.807) is 0 Å². The van der Waals surface area contributed by atoms with Gasteiger partial charge in [-0.2, -0.15) is 79.0 Å². The van der Waals surface area contributed by atoms with E-state index >= 15 is 0 Å². The van der Waals surface area contributed by atoms with E-state index in [1.165, 1.54) is 0 Å². The summed E-state index contributed by atoms with van der Waals surface area (Å²) in [4.78, 5) is 29.6. The Balaban J connectivity index is -0.000000112. The topological polar surface area (TPSA) is 175 Å². The predicted octanol–water partition coefficient (Wildman–Crippen LogP) is 4.72. The zero-order chi connectivity index (χ0) is 32.6. The van der Waals surface area contributed by atoms with Crippen molar-refractivity contribution in [3.05, 3.63) is 35.5 Å². The van der Waals surface area contributed by atoms with Crippen molar-refractivity contribution in [1.29, 1.82) is 0 Å². The Bertz CT molecular complexity index is 839. The largest absolute Gasteiger partial charge is 0.504 e. The van der Waals surface area contributed by atoms with E-state index in [-0.39, 0.29) is 51.8 Å². The molecule has 0 aliphatic carbocycles. The van der Waals surface area contributed by atoms with E-state index in [2.05, 4.69) is 0 Å². The van der Waals surface area contributed by atoms with Gasteiger partial charge >= 0.3 is 37.1 Å². The van der Waals surface area contributed by atoms with Crippen LogP contribution in [0.25, 0.3) is 0 Å². The average Bonchev–Trinajstić information content (AvgIpc) is 2.64. The normalized spacial score (nSPS) is 13.4. The van der Waals surface area contributed by atoms with Crippen molar-refractivity contribution in [2.24, 2.45) is 0 Å². The molecule has 0 aromatic rings. The summed E-state index contributed by atoms with van der Waals surface area (Å²) in [5.74, 6) is -16.0. The van der Waals surface area contributed by atoms with E-state index in [1.807, 2.05) is 0 Å². The third-order valence-corrected chi connectivity index (χ3v) is 2.51. The van der Waals surface area contributed by atoms with E-state index in [9.17, 15) is 93.4 Å². The Morgan fingerprint density at radius 3 is 0.548 bits per heavy atom. The minimum absolute atomic E-state index is 0. The third kappa shape index (κ3) is 24.3. The summed E-state index contributed by atoms with van der Waals surface area (Å²) in [6.07, 6.45) is -35.0.